The van der Waals surface area contributed by atoms with E-state index in [9.17, 15) is 18.0 Å². The van der Waals surface area contributed by atoms with Gasteiger partial charge in [-0.3, -0.25) is 0 Å². The fourth-order valence-corrected chi connectivity index (χ4v) is 3.28. The van der Waals surface area contributed by atoms with Gasteiger partial charge in [0.05, 0.1) is 0 Å². The van der Waals surface area contributed by atoms with Crippen LogP contribution in [0, 0.1) is 0 Å². The van der Waals surface area contributed by atoms with Crippen LogP contribution in [0.1, 0.15) is 24.2 Å². The summed E-state index contributed by atoms with van der Waals surface area (Å²) in [5.74, 6) is -1.54. The maximum atomic E-state index is 14.0. The van der Waals surface area contributed by atoms with Crippen LogP contribution in [0.2, 0.25) is 0 Å². The van der Waals surface area contributed by atoms with Crippen LogP contribution < -0.4 is 0 Å². The molecule has 0 spiro atoms. The van der Waals surface area contributed by atoms with Crippen molar-refractivity contribution < 1.29 is 32.2 Å². The summed E-state index contributed by atoms with van der Waals surface area (Å²) in [6, 6.07) is 15.9. The van der Waals surface area contributed by atoms with Crippen LogP contribution in [0.25, 0.3) is 0 Å². The first kappa shape index (κ1) is 21.1. The van der Waals surface area contributed by atoms with Crippen molar-refractivity contribution in [2.45, 2.75) is 37.0 Å². The molecule has 0 unspecified atom stereocenters. The van der Waals surface area contributed by atoms with Gasteiger partial charge in [-0.25, -0.2) is 4.79 Å². The van der Waals surface area contributed by atoms with Gasteiger partial charge in [-0.1, -0.05) is 66.7 Å². The van der Waals surface area contributed by atoms with Gasteiger partial charge < -0.3 is 14.2 Å². The van der Waals surface area contributed by atoms with Crippen molar-refractivity contribution >= 4 is 5.97 Å². The third-order valence-electron chi connectivity index (χ3n) is 4.78. The van der Waals surface area contributed by atoms with Crippen LogP contribution in [-0.2, 0) is 24.6 Å². The van der Waals surface area contributed by atoms with Crippen LogP contribution in [0.4, 0.5) is 13.2 Å². The molecule has 7 heteroatoms. The fraction of sp³-hybridized carbons (Fsp3) is 0.318. The van der Waals surface area contributed by atoms with Crippen LogP contribution in [0.5, 0.6) is 0 Å². The number of esters is 1. The Morgan fingerprint density at radius 3 is 2.17 bits per heavy atom. The van der Waals surface area contributed by atoms with Crippen LogP contribution >= 0.6 is 0 Å². The summed E-state index contributed by atoms with van der Waals surface area (Å²) in [6.45, 7) is 1.69. The number of rotatable bonds is 7. The summed E-state index contributed by atoms with van der Waals surface area (Å²) in [7, 11) is 0.840. The number of epoxide rings is 1. The first-order valence-electron chi connectivity index (χ1n) is 9.07. The summed E-state index contributed by atoms with van der Waals surface area (Å²) in [5.41, 5.74) is -2.72. The molecule has 1 fully saturated rings. The van der Waals surface area contributed by atoms with E-state index in [0.29, 0.717) is 0 Å². The van der Waals surface area contributed by atoms with Crippen molar-refractivity contribution in [1.82, 2.24) is 0 Å². The fourth-order valence-electron chi connectivity index (χ4n) is 3.28. The van der Waals surface area contributed by atoms with Gasteiger partial charge in [-0.05, 0) is 18.6 Å². The van der Waals surface area contributed by atoms with Gasteiger partial charge in [-0.2, -0.15) is 13.2 Å². The first-order valence-corrected chi connectivity index (χ1v) is 9.07. The molecule has 154 valence electrons. The number of carbonyl (C=O) groups is 1. The highest BCUT2D eigenvalue weighted by Gasteiger charge is 2.65. The molecule has 0 bridgehead atoms. The highest BCUT2D eigenvalue weighted by atomic mass is 19.4. The predicted molar refractivity (Wildman–Crippen MR) is 99.9 cm³/mol. The van der Waals surface area contributed by atoms with Gasteiger partial charge in [0.1, 0.15) is 18.3 Å². The van der Waals surface area contributed by atoms with Crippen molar-refractivity contribution in [3.8, 4) is 0 Å². The van der Waals surface area contributed by atoms with Crippen molar-refractivity contribution in [2.75, 3.05) is 7.11 Å². The van der Waals surface area contributed by atoms with Crippen molar-refractivity contribution in [3.63, 3.8) is 0 Å². The van der Waals surface area contributed by atoms with E-state index in [2.05, 4.69) is 0 Å². The van der Waals surface area contributed by atoms with Crippen molar-refractivity contribution in [3.05, 3.63) is 83.9 Å². The maximum Gasteiger partial charge on any atom is 0.432 e. The van der Waals surface area contributed by atoms with Gasteiger partial charge in [0, 0.05) is 12.7 Å². The van der Waals surface area contributed by atoms with E-state index in [0.717, 1.165) is 12.7 Å². The van der Waals surface area contributed by atoms with Gasteiger partial charge in [0.2, 0.25) is 0 Å². The third kappa shape index (κ3) is 4.06. The molecule has 2 aromatic rings. The van der Waals surface area contributed by atoms with Gasteiger partial charge in [-0.15, -0.1) is 0 Å². The van der Waals surface area contributed by atoms with E-state index in [1.54, 1.807) is 19.1 Å². The smallest absolute Gasteiger partial charge is 0.432 e. The Hall–Kier alpha value is -2.64. The average molecular weight is 406 g/mol. The van der Waals surface area contributed by atoms with E-state index < -0.39 is 30.0 Å². The van der Waals surface area contributed by atoms with Crippen LogP contribution in [0.3, 0.4) is 0 Å². The quantitative estimate of drug-likeness (QED) is 0.379. The molecule has 0 radical (unpaired) electrons. The summed E-state index contributed by atoms with van der Waals surface area (Å²) >= 11 is 0. The molecule has 0 aromatic heterocycles. The van der Waals surface area contributed by atoms with E-state index in [1.165, 1.54) is 30.3 Å². The Labute approximate surface area is 166 Å². The topological polar surface area (TPSA) is 48.1 Å². The SMILES string of the molecule is C/C=C/[C@@H](OC(=O)[C@](OC)(c1ccccc1)C(F)(F)F)[C@H]1O[C@H]1c1ccccc1. The van der Waals surface area contributed by atoms with E-state index in [1.807, 2.05) is 30.3 Å². The number of ether oxygens (including phenoxy) is 3. The number of allylic oxidation sites excluding steroid dienone is 1. The number of carbonyl (C=O) groups excluding carboxylic acids is 1. The predicted octanol–water partition coefficient (Wildman–Crippen LogP) is 4.72. The highest BCUT2D eigenvalue weighted by molar-refractivity contribution is 5.83. The average Bonchev–Trinajstić information content (AvgIpc) is 3.50. The minimum absolute atomic E-state index is 0.351. The summed E-state index contributed by atoms with van der Waals surface area (Å²) in [4.78, 5) is 12.8. The van der Waals surface area contributed by atoms with Crippen molar-refractivity contribution in [1.29, 1.82) is 0 Å². The van der Waals surface area contributed by atoms with Gasteiger partial charge >= 0.3 is 12.1 Å². The van der Waals surface area contributed by atoms with E-state index in [4.69, 9.17) is 14.2 Å². The number of alkyl halides is 3. The lowest BCUT2D eigenvalue weighted by atomic mass is 9.92. The molecule has 3 rings (SSSR count). The largest absolute Gasteiger partial charge is 0.453 e. The lowest BCUT2D eigenvalue weighted by Gasteiger charge is -2.33. The molecule has 1 aliphatic heterocycles. The Morgan fingerprint density at radius 1 is 1.07 bits per heavy atom. The molecule has 0 saturated carbocycles. The monoisotopic (exact) mass is 406 g/mol. The molecule has 4 nitrogen and oxygen atoms in total. The molecule has 1 heterocycles. The number of benzene rings is 2. The summed E-state index contributed by atoms with van der Waals surface area (Å²) in [6.07, 6.45) is -3.83. The minimum Gasteiger partial charge on any atom is -0.453 e. The second-order valence-electron chi connectivity index (χ2n) is 6.58. The zero-order valence-corrected chi connectivity index (χ0v) is 15.9. The Morgan fingerprint density at radius 2 is 1.66 bits per heavy atom. The number of hydrogen-bond donors (Lipinski definition) is 0. The zero-order chi connectivity index (χ0) is 21.1. The molecular formula is C22H21F3O4. The third-order valence-corrected chi connectivity index (χ3v) is 4.78. The lowest BCUT2D eigenvalue weighted by molar-refractivity contribution is -0.277. The molecule has 4 atom stereocenters. The molecule has 2 aromatic carbocycles. The molecule has 1 saturated heterocycles. The second-order valence-corrected chi connectivity index (χ2v) is 6.58. The molecule has 0 N–H and O–H groups in total. The van der Waals surface area contributed by atoms with E-state index in [-0.39, 0.29) is 11.7 Å². The van der Waals surface area contributed by atoms with Crippen LogP contribution in [-0.4, -0.2) is 31.5 Å². The normalized spacial score (nSPS) is 22.1. The molecule has 0 amide bonds. The van der Waals surface area contributed by atoms with E-state index >= 15 is 0 Å². The molecule has 0 aliphatic carbocycles. The summed E-state index contributed by atoms with van der Waals surface area (Å²) < 4.78 is 57.8. The van der Waals surface area contributed by atoms with Crippen LogP contribution in [0.15, 0.2) is 72.8 Å². The minimum atomic E-state index is -5.02. The Kier molecular flexibility index (Phi) is 6.10. The highest BCUT2D eigenvalue weighted by Crippen LogP contribution is 2.46. The molecule has 29 heavy (non-hydrogen) atoms. The standard InChI is InChI=1S/C22H21F3O4/c1-3-10-17(19-18(29-19)15-11-6-4-7-12-15)28-20(26)21(27-2,22(23,24)25)16-13-8-5-9-14-16/h3-14,17-19H,1-2H3/b10-3+/t17-,18+,19-,21-/m1/s1. The van der Waals surface area contributed by atoms with Gasteiger partial charge in [0.25, 0.3) is 5.60 Å². The summed E-state index contributed by atoms with van der Waals surface area (Å²) in [5, 5.41) is 0. The Bertz CT molecular complexity index is 851. The molecular weight excluding hydrogens is 385 g/mol. The molecule has 1 aliphatic rings. The number of hydrogen-bond acceptors (Lipinski definition) is 4. The van der Waals surface area contributed by atoms with Gasteiger partial charge in [0.15, 0.2) is 0 Å². The Balaban J connectivity index is 1.88. The first-order chi connectivity index (χ1) is 13.8. The number of halogens is 3. The lowest BCUT2D eigenvalue weighted by Crippen LogP contribution is -2.52. The zero-order valence-electron chi connectivity index (χ0n) is 15.9. The van der Waals surface area contributed by atoms with Crippen molar-refractivity contribution in [2.24, 2.45) is 0 Å². The maximum absolute atomic E-state index is 14.0. The number of methoxy groups -OCH3 is 1. The second kappa shape index (κ2) is 8.39.